The van der Waals surface area contributed by atoms with Crippen molar-refractivity contribution < 1.29 is 9.84 Å². The predicted molar refractivity (Wildman–Crippen MR) is 74.5 cm³/mol. The lowest BCUT2D eigenvalue weighted by atomic mass is 10.2. The van der Waals surface area contributed by atoms with Crippen LogP contribution >= 0.6 is 0 Å². The summed E-state index contributed by atoms with van der Waals surface area (Å²) in [5.41, 5.74) is 1.32. The van der Waals surface area contributed by atoms with Gasteiger partial charge in [0, 0.05) is 26.4 Å². The highest BCUT2D eigenvalue weighted by atomic mass is 16.5. The van der Waals surface area contributed by atoms with Gasteiger partial charge in [-0.2, -0.15) is 0 Å². The molecule has 18 heavy (non-hydrogen) atoms. The Morgan fingerprint density at radius 2 is 1.72 bits per heavy atom. The molecule has 3 nitrogen and oxygen atoms in total. The summed E-state index contributed by atoms with van der Waals surface area (Å²) in [5, 5.41) is 12.0. The maximum atomic E-state index is 8.61. The highest BCUT2D eigenvalue weighted by molar-refractivity contribution is 5.14. The average molecular weight is 251 g/mol. The van der Waals surface area contributed by atoms with Gasteiger partial charge in [-0.15, -0.1) is 0 Å². The number of aliphatic hydroxyl groups excluding tert-OH is 1. The van der Waals surface area contributed by atoms with Crippen LogP contribution < -0.4 is 5.32 Å². The molecule has 0 aromatic heterocycles. The third kappa shape index (κ3) is 8.23. The Morgan fingerprint density at radius 1 is 0.944 bits per heavy atom. The Balaban J connectivity index is 1.82. The molecule has 3 heteroatoms. The van der Waals surface area contributed by atoms with Crippen molar-refractivity contribution in [2.45, 2.75) is 32.2 Å². The highest BCUT2D eigenvalue weighted by Crippen LogP contribution is 1.97. The van der Waals surface area contributed by atoms with Crippen molar-refractivity contribution in [3.63, 3.8) is 0 Å². The number of ether oxygens (including phenoxy) is 1. The summed E-state index contributed by atoms with van der Waals surface area (Å²) >= 11 is 0. The van der Waals surface area contributed by atoms with Crippen LogP contribution in [-0.2, 0) is 11.3 Å². The first-order valence-electron chi connectivity index (χ1n) is 6.86. The number of unbranched alkanes of at least 4 members (excludes halogenated alkanes) is 2. The van der Waals surface area contributed by atoms with E-state index in [2.05, 4.69) is 29.6 Å². The number of hydrogen-bond donors (Lipinski definition) is 2. The monoisotopic (exact) mass is 251 g/mol. The summed E-state index contributed by atoms with van der Waals surface area (Å²) < 4.78 is 5.51. The molecule has 0 unspecified atom stereocenters. The minimum atomic E-state index is 0.295. The number of benzene rings is 1. The van der Waals surface area contributed by atoms with Gasteiger partial charge in [-0.25, -0.2) is 0 Å². The molecule has 0 aliphatic heterocycles. The van der Waals surface area contributed by atoms with Crippen molar-refractivity contribution in [1.82, 2.24) is 5.32 Å². The second-order valence-electron chi connectivity index (χ2n) is 4.41. The topological polar surface area (TPSA) is 41.5 Å². The normalized spacial score (nSPS) is 10.7. The summed E-state index contributed by atoms with van der Waals surface area (Å²) in [6.45, 7) is 3.85. The molecular weight excluding hydrogens is 226 g/mol. The van der Waals surface area contributed by atoms with Gasteiger partial charge in [-0.1, -0.05) is 30.3 Å². The molecule has 0 bridgehead atoms. The van der Waals surface area contributed by atoms with Crippen LogP contribution in [0.2, 0.25) is 0 Å². The van der Waals surface area contributed by atoms with Crippen LogP contribution in [0.1, 0.15) is 31.2 Å². The molecule has 0 amide bonds. The Labute approximate surface area is 110 Å². The maximum absolute atomic E-state index is 8.61. The Morgan fingerprint density at radius 3 is 2.50 bits per heavy atom. The van der Waals surface area contributed by atoms with Gasteiger partial charge in [0.05, 0.1) is 0 Å². The number of rotatable bonds is 11. The molecule has 0 spiro atoms. The Bertz CT molecular complexity index is 277. The second kappa shape index (κ2) is 11.2. The molecule has 2 N–H and O–H groups in total. The molecule has 0 heterocycles. The van der Waals surface area contributed by atoms with Gasteiger partial charge >= 0.3 is 0 Å². The summed E-state index contributed by atoms with van der Waals surface area (Å²) in [7, 11) is 0. The molecule has 0 aliphatic rings. The van der Waals surface area contributed by atoms with Crippen LogP contribution in [0.25, 0.3) is 0 Å². The van der Waals surface area contributed by atoms with Crippen molar-refractivity contribution in [3.05, 3.63) is 35.9 Å². The van der Waals surface area contributed by atoms with Crippen molar-refractivity contribution in [2.75, 3.05) is 26.4 Å². The number of nitrogens with one attached hydrogen (secondary N) is 1. The molecule has 0 saturated carbocycles. The van der Waals surface area contributed by atoms with Crippen LogP contribution in [0, 0.1) is 0 Å². The zero-order valence-electron chi connectivity index (χ0n) is 11.1. The average Bonchev–Trinajstić information content (AvgIpc) is 2.42. The summed E-state index contributed by atoms with van der Waals surface area (Å²) in [4.78, 5) is 0. The molecule has 0 fully saturated rings. The fraction of sp³-hybridized carbons (Fsp3) is 0.600. The van der Waals surface area contributed by atoms with E-state index < -0.39 is 0 Å². The van der Waals surface area contributed by atoms with Gasteiger partial charge in [0.1, 0.15) is 0 Å². The van der Waals surface area contributed by atoms with Crippen LogP contribution in [0.4, 0.5) is 0 Å². The lowest BCUT2D eigenvalue weighted by Gasteiger charge is -2.06. The fourth-order valence-corrected chi connectivity index (χ4v) is 1.72. The van der Waals surface area contributed by atoms with Gasteiger partial charge in [0.25, 0.3) is 0 Å². The minimum absolute atomic E-state index is 0.295. The van der Waals surface area contributed by atoms with E-state index >= 15 is 0 Å². The van der Waals surface area contributed by atoms with Crippen molar-refractivity contribution >= 4 is 0 Å². The zero-order valence-corrected chi connectivity index (χ0v) is 11.1. The maximum Gasteiger partial charge on any atom is 0.0478 e. The third-order valence-electron chi connectivity index (χ3n) is 2.76. The van der Waals surface area contributed by atoms with E-state index in [1.807, 2.05) is 6.07 Å². The molecule has 0 saturated heterocycles. The van der Waals surface area contributed by atoms with Gasteiger partial charge in [0.2, 0.25) is 0 Å². The third-order valence-corrected chi connectivity index (χ3v) is 2.76. The van der Waals surface area contributed by atoms with Crippen LogP contribution in [-0.4, -0.2) is 31.5 Å². The smallest absolute Gasteiger partial charge is 0.0478 e. The van der Waals surface area contributed by atoms with E-state index in [9.17, 15) is 0 Å². The number of aliphatic hydroxyl groups is 1. The first-order valence-corrected chi connectivity index (χ1v) is 6.86. The second-order valence-corrected chi connectivity index (χ2v) is 4.41. The SMILES string of the molecule is OCCCCCOCCCNCc1ccccc1. The van der Waals surface area contributed by atoms with E-state index in [4.69, 9.17) is 9.84 Å². The van der Waals surface area contributed by atoms with E-state index in [0.29, 0.717) is 6.61 Å². The van der Waals surface area contributed by atoms with Crippen molar-refractivity contribution in [2.24, 2.45) is 0 Å². The molecule has 0 aliphatic carbocycles. The lowest BCUT2D eigenvalue weighted by Crippen LogP contribution is -2.16. The van der Waals surface area contributed by atoms with Gasteiger partial charge < -0.3 is 15.2 Å². The summed E-state index contributed by atoms with van der Waals surface area (Å²) in [5.74, 6) is 0. The molecule has 1 rings (SSSR count). The molecule has 0 radical (unpaired) electrons. The Kier molecular flexibility index (Phi) is 9.44. The Hall–Kier alpha value is -0.900. The number of hydrogen-bond acceptors (Lipinski definition) is 3. The molecule has 0 atom stereocenters. The lowest BCUT2D eigenvalue weighted by molar-refractivity contribution is 0.126. The minimum Gasteiger partial charge on any atom is -0.396 e. The van der Waals surface area contributed by atoms with Gasteiger partial charge in [-0.05, 0) is 37.8 Å². The van der Waals surface area contributed by atoms with Crippen molar-refractivity contribution in [3.8, 4) is 0 Å². The van der Waals surface area contributed by atoms with E-state index in [0.717, 1.165) is 52.0 Å². The first-order chi connectivity index (χ1) is 8.93. The van der Waals surface area contributed by atoms with Crippen LogP contribution in [0.3, 0.4) is 0 Å². The van der Waals surface area contributed by atoms with Crippen LogP contribution in [0.5, 0.6) is 0 Å². The molecule has 1 aromatic rings. The highest BCUT2D eigenvalue weighted by Gasteiger charge is 1.92. The largest absolute Gasteiger partial charge is 0.396 e. The first kappa shape index (κ1) is 15.2. The summed E-state index contributed by atoms with van der Waals surface area (Å²) in [6.07, 6.45) is 4.05. The van der Waals surface area contributed by atoms with Gasteiger partial charge in [-0.3, -0.25) is 0 Å². The van der Waals surface area contributed by atoms with Crippen LogP contribution in [0.15, 0.2) is 30.3 Å². The quantitative estimate of drug-likeness (QED) is 0.593. The molecule has 1 aromatic carbocycles. The predicted octanol–water partition coefficient (Wildman–Crippen LogP) is 2.35. The van der Waals surface area contributed by atoms with E-state index in [-0.39, 0.29) is 0 Å². The van der Waals surface area contributed by atoms with Crippen molar-refractivity contribution in [1.29, 1.82) is 0 Å². The fourth-order valence-electron chi connectivity index (χ4n) is 1.72. The zero-order chi connectivity index (χ0) is 12.9. The standard InChI is InChI=1S/C15H25NO2/c17-11-5-2-6-12-18-13-7-10-16-14-15-8-3-1-4-9-15/h1,3-4,8-9,16-17H,2,5-7,10-14H2. The van der Waals surface area contributed by atoms with E-state index in [1.54, 1.807) is 0 Å². The van der Waals surface area contributed by atoms with E-state index in [1.165, 1.54) is 5.56 Å². The molecule has 102 valence electrons. The van der Waals surface area contributed by atoms with Gasteiger partial charge in [0.15, 0.2) is 0 Å². The summed E-state index contributed by atoms with van der Waals surface area (Å²) in [6, 6.07) is 10.4. The molecular formula is C15H25NO2.